The Labute approximate surface area is 200 Å². The molecule has 0 bridgehead atoms. The molecule has 3 aromatic carbocycles. The maximum absolute atomic E-state index is 13.6. The summed E-state index contributed by atoms with van der Waals surface area (Å²) in [5, 5.41) is 0.588. The highest BCUT2D eigenvalue weighted by Gasteiger charge is 2.18. The fourth-order valence-electron chi connectivity index (χ4n) is 3.89. The molecule has 0 aliphatic heterocycles. The number of nitrogens with zero attached hydrogens (tertiary/aromatic N) is 2. The van der Waals surface area contributed by atoms with Gasteiger partial charge < -0.3 is 9.72 Å². The predicted octanol–water partition coefficient (Wildman–Crippen LogP) is 5.88. The minimum atomic E-state index is -0.277. The highest BCUT2D eigenvalue weighted by molar-refractivity contribution is 7.98. The highest BCUT2D eigenvalue weighted by atomic mass is 32.2. The SMILES string of the molecule is COc1ccccc1Cn1c(SCc2ccc(F)cc2)nc2c(-c3ccccc3)c[nH]c2c1=O. The van der Waals surface area contributed by atoms with E-state index in [1.54, 1.807) is 23.8 Å². The van der Waals surface area contributed by atoms with Gasteiger partial charge in [0.25, 0.3) is 5.56 Å². The molecule has 0 fully saturated rings. The average Bonchev–Trinajstić information content (AvgIpc) is 3.30. The number of rotatable bonds is 7. The first-order chi connectivity index (χ1) is 16.6. The summed E-state index contributed by atoms with van der Waals surface area (Å²) in [6.45, 7) is 0.317. The average molecular weight is 472 g/mol. The second kappa shape index (κ2) is 9.57. The van der Waals surface area contributed by atoms with Crippen molar-refractivity contribution in [3.8, 4) is 16.9 Å². The van der Waals surface area contributed by atoms with E-state index in [0.29, 0.717) is 34.2 Å². The molecule has 0 radical (unpaired) electrons. The van der Waals surface area contributed by atoms with Crippen molar-refractivity contribution >= 4 is 22.8 Å². The van der Waals surface area contributed by atoms with Crippen molar-refractivity contribution < 1.29 is 9.13 Å². The Kier molecular flexibility index (Phi) is 6.18. The van der Waals surface area contributed by atoms with E-state index >= 15 is 0 Å². The largest absolute Gasteiger partial charge is 0.496 e. The van der Waals surface area contributed by atoms with Gasteiger partial charge in [0, 0.05) is 23.1 Å². The fourth-order valence-corrected chi connectivity index (χ4v) is 4.84. The van der Waals surface area contributed by atoms with Crippen LogP contribution < -0.4 is 10.3 Å². The van der Waals surface area contributed by atoms with Crippen LogP contribution >= 0.6 is 11.8 Å². The quantitative estimate of drug-likeness (QED) is 0.238. The number of methoxy groups -OCH3 is 1. The molecule has 5 nitrogen and oxygen atoms in total. The Hall–Kier alpha value is -3.84. The van der Waals surface area contributed by atoms with E-state index in [4.69, 9.17) is 9.72 Å². The van der Waals surface area contributed by atoms with E-state index in [0.717, 1.165) is 22.3 Å². The number of benzene rings is 3. The summed E-state index contributed by atoms with van der Waals surface area (Å²) < 4.78 is 20.5. The third-order valence-corrected chi connectivity index (χ3v) is 6.68. The molecule has 2 aromatic heterocycles. The number of ether oxygens (including phenoxy) is 1. The number of H-pyrrole nitrogens is 1. The summed E-state index contributed by atoms with van der Waals surface area (Å²) in [4.78, 5) is 21.7. The Morgan fingerprint density at radius 1 is 1.00 bits per heavy atom. The summed E-state index contributed by atoms with van der Waals surface area (Å²) in [6, 6.07) is 23.9. The molecule has 0 saturated carbocycles. The van der Waals surface area contributed by atoms with Crippen molar-refractivity contribution in [2.45, 2.75) is 17.5 Å². The van der Waals surface area contributed by atoms with E-state index in [1.807, 2.05) is 60.8 Å². The van der Waals surface area contributed by atoms with Gasteiger partial charge in [-0.2, -0.15) is 0 Å². The zero-order valence-electron chi connectivity index (χ0n) is 18.5. The van der Waals surface area contributed by atoms with Gasteiger partial charge in [0.15, 0.2) is 5.16 Å². The van der Waals surface area contributed by atoms with Gasteiger partial charge in [-0.05, 0) is 29.3 Å². The van der Waals surface area contributed by atoms with E-state index in [9.17, 15) is 9.18 Å². The third kappa shape index (κ3) is 4.34. The fraction of sp³-hybridized carbons (Fsp3) is 0.111. The molecular formula is C27H22FN3O2S. The van der Waals surface area contributed by atoms with Crippen LogP contribution in [0.25, 0.3) is 22.2 Å². The van der Waals surface area contributed by atoms with Gasteiger partial charge in [-0.1, -0.05) is 72.4 Å². The normalized spacial score (nSPS) is 11.1. The molecule has 0 aliphatic carbocycles. The molecular weight excluding hydrogens is 449 g/mol. The van der Waals surface area contributed by atoms with E-state index < -0.39 is 0 Å². The van der Waals surface area contributed by atoms with Crippen LogP contribution in [-0.2, 0) is 12.3 Å². The van der Waals surface area contributed by atoms with Crippen molar-refractivity contribution in [1.29, 1.82) is 0 Å². The van der Waals surface area contributed by atoms with Gasteiger partial charge >= 0.3 is 0 Å². The van der Waals surface area contributed by atoms with Crippen LogP contribution in [0.15, 0.2) is 95.0 Å². The predicted molar refractivity (Wildman–Crippen MR) is 134 cm³/mol. The number of aromatic amines is 1. The van der Waals surface area contributed by atoms with Gasteiger partial charge in [0.05, 0.1) is 13.7 Å². The summed E-state index contributed by atoms with van der Waals surface area (Å²) in [7, 11) is 1.62. The molecule has 34 heavy (non-hydrogen) atoms. The Morgan fingerprint density at radius 3 is 2.50 bits per heavy atom. The molecule has 5 aromatic rings. The highest BCUT2D eigenvalue weighted by Crippen LogP contribution is 2.30. The maximum Gasteiger partial charge on any atom is 0.278 e. The van der Waals surface area contributed by atoms with Crippen LogP contribution in [0.5, 0.6) is 5.75 Å². The van der Waals surface area contributed by atoms with Gasteiger partial charge in [0.2, 0.25) is 0 Å². The first kappa shape index (κ1) is 22.0. The summed E-state index contributed by atoms with van der Waals surface area (Å²) in [5.74, 6) is 0.983. The minimum absolute atomic E-state index is 0.153. The van der Waals surface area contributed by atoms with E-state index in [-0.39, 0.29) is 11.4 Å². The minimum Gasteiger partial charge on any atom is -0.496 e. The maximum atomic E-state index is 13.6. The smallest absolute Gasteiger partial charge is 0.278 e. The first-order valence-electron chi connectivity index (χ1n) is 10.8. The van der Waals surface area contributed by atoms with Crippen molar-refractivity contribution in [2.24, 2.45) is 0 Å². The molecule has 1 N–H and O–H groups in total. The first-order valence-corrected chi connectivity index (χ1v) is 11.8. The van der Waals surface area contributed by atoms with Crippen LogP contribution in [0, 0.1) is 5.82 Å². The number of aromatic nitrogens is 3. The molecule has 0 amide bonds. The number of hydrogen-bond donors (Lipinski definition) is 1. The van der Waals surface area contributed by atoms with Crippen molar-refractivity contribution in [3.05, 3.63) is 112 Å². The standard InChI is InChI=1S/C27H22FN3O2S/c1-33-23-10-6-5-9-20(23)16-31-26(32)25-24(22(15-29-25)19-7-3-2-4-8-19)30-27(31)34-17-18-11-13-21(28)14-12-18/h2-15,29H,16-17H2,1H3. The molecule has 0 aliphatic rings. The van der Waals surface area contributed by atoms with E-state index in [2.05, 4.69) is 4.98 Å². The summed E-state index contributed by atoms with van der Waals surface area (Å²) in [6.07, 6.45) is 1.83. The molecule has 0 unspecified atom stereocenters. The number of fused-ring (bicyclic) bond motifs is 1. The van der Waals surface area contributed by atoms with Gasteiger partial charge in [-0.25, -0.2) is 9.37 Å². The van der Waals surface area contributed by atoms with Crippen LogP contribution in [0.4, 0.5) is 4.39 Å². The number of halogens is 1. The monoisotopic (exact) mass is 471 g/mol. The lowest BCUT2D eigenvalue weighted by molar-refractivity contribution is 0.407. The van der Waals surface area contributed by atoms with Gasteiger partial charge in [0.1, 0.15) is 22.6 Å². The number of hydrogen-bond acceptors (Lipinski definition) is 4. The zero-order chi connectivity index (χ0) is 23.5. The Bertz CT molecular complexity index is 1490. The molecule has 0 saturated heterocycles. The van der Waals surface area contributed by atoms with Crippen LogP contribution in [0.2, 0.25) is 0 Å². The topological polar surface area (TPSA) is 59.9 Å². The lowest BCUT2D eigenvalue weighted by Crippen LogP contribution is -2.24. The molecule has 7 heteroatoms. The number of thioether (sulfide) groups is 1. The molecule has 2 heterocycles. The molecule has 0 spiro atoms. The summed E-state index contributed by atoms with van der Waals surface area (Å²) in [5.41, 5.74) is 4.63. The number of nitrogens with one attached hydrogen (secondary N) is 1. The third-order valence-electron chi connectivity index (χ3n) is 5.64. The second-order valence-electron chi connectivity index (χ2n) is 7.80. The van der Waals surface area contributed by atoms with Crippen LogP contribution in [0.3, 0.4) is 0 Å². The zero-order valence-corrected chi connectivity index (χ0v) is 19.3. The van der Waals surface area contributed by atoms with Crippen molar-refractivity contribution in [2.75, 3.05) is 7.11 Å². The van der Waals surface area contributed by atoms with Crippen LogP contribution in [-0.4, -0.2) is 21.6 Å². The van der Waals surface area contributed by atoms with Crippen molar-refractivity contribution in [3.63, 3.8) is 0 Å². The lowest BCUT2D eigenvalue weighted by Gasteiger charge is -2.14. The Balaban J connectivity index is 1.62. The van der Waals surface area contributed by atoms with Gasteiger partial charge in [-0.3, -0.25) is 9.36 Å². The Morgan fingerprint density at radius 2 is 1.74 bits per heavy atom. The molecule has 5 rings (SSSR count). The lowest BCUT2D eigenvalue weighted by atomic mass is 10.1. The van der Waals surface area contributed by atoms with Crippen LogP contribution in [0.1, 0.15) is 11.1 Å². The van der Waals surface area contributed by atoms with Gasteiger partial charge in [-0.15, -0.1) is 0 Å². The second-order valence-corrected chi connectivity index (χ2v) is 8.75. The molecule has 170 valence electrons. The number of para-hydroxylation sites is 1. The van der Waals surface area contributed by atoms with Crippen molar-refractivity contribution in [1.82, 2.24) is 14.5 Å². The molecule has 0 atom stereocenters. The van der Waals surface area contributed by atoms with E-state index in [1.165, 1.54) is 23.9 Å². The summed E-state index contributed by atoms with van der Waals surface area (Å²) >= 11 is 1.45.